The third-order valence-corrected chi connectivity index (χ3v) is 3.84. The minimum absolute atomic E-state index is 0.338. The number of aliphatic hydroxyl groups excluding tert-OH is 1. The molecular weight excluding hydrogens is 289 g/mol. The smallest absolute Gasteiger partial charge is 0.323 e. The number of halogens is 2. The molecule has 1 aromatic carbocycles. The highest BCUT2D eigenvalue weighted by Gasteiger charge is 2.36. The van der Waals surface area contributed by atoms with Crippen LogP contribution in [-0.2, 0) is 16.1 Å². The van der Waals surface area contributed by atoms with Crippen molar-refractivity contribution in [1.82, 2.24) is 4.90 Å². The third-order valence-electron chi connectivity index (χ3n) is 3.24. The van der Waals surface area contributed by atoms with Gasteiger partial charge in [-0.2, -0.15) is 0 Å². The second-order valence-corrected chi connectivity index (χ2v) is 5.44. The topological polar surface area (TPSA) is 49.8 Å². The van der Waals surface area contributed by atoms with E-state index in [-0.39, 0.29) is 5.97 Å². The molecule has 0 radical (unpaired) electrons. The summed E-state index contributed by atoms with van der Waals surface area (Å²) in [6, 6.07) is 4.77. The first-order chi connectivity index (χ1) is 9.01. The van der Waals surface area contributed by atoms with Crippen LogP contribution in [0, 0.1) is 0 Å². The molecule has 1 saturated heterocycles. The second kappa shape index (κ2) is 6.09. The van der Waals surface area contributed by atoms with Crippen LogP contribution >= 0.6 is 23.2 Å². The van der Waals surface area contributed by atoms with Crippen LogP contribution in [0.15, 0.2) is 18.2 Å². The highest BCUT2D eigenvalue weighted by atomic mass is 35.5. The average Bonchev–Trinajstić information content (AvgIpc) is 2.74. The first kappa shape index (κ1) is 14.6. The Morgan fingerprint density at radius 1 is 1.53 bits per heavy atom. The van der Waals surface area contributed by atoms with Gasteiger partial charge in [-0.15, -0.1) is 0 Å². The van der Waals surface area contributed by atoms with Gasteiger partial charge in [-0.1, -0.05) is 23.2 Å². The molecule has 0 amide bonds. The van der Waals surface area contributed by atoms with Gasteiger partial charge in [-0.3, -0.25) is 9.69 Å². The minimum atomic E-state index is -0.526. The summed E-state index contributed by atoms with van der Waals surface area (Å²) in [6.45, 7) is 0.874. The fourth-order valence-electron chi connectivity index (χ4n) is 2.32. The first-order valence-corrected chi connectivity index (χ1v) is 6.70. The number of likely N-dealkylation sites (tertiary alicyclic amines) is 1. The molecule has 0 aliphatic carbocycles. The van der Waals surface area contributed by atoms with Crippen molar-refractivity contribution in [3.05, 3.63) is 33.8 Å². The van der Waals surface area contributed by atoms with E-state index in [0.29, 0.717) is 29.6 Å². The number of carbonyl (C=O) groups excluding carboxylic acids is 1. The van der Waals surface area contributed by atoms with Crippen LogP contribution in [0.25, 0.3) is 0 Å². The largest absolute Gasteiger partial charge is 0.468 e. The lowest BCUT2D eigenvalue weighted by Gasteiger charge is -2.22. The number of β-amino-alcohol motifs (C(OH)–C–C–N with tert-alkyl or cyclic N) is 1. The Balaban J connectivity index is 2.16. The van der Waals surface area contributed by atoms with Crippen LogP contribution in [0.3, 0.4) is 0 Å². The normalized spacial score (nSPS) is 23.6. The first-order valence-electron chi connectivity index (χ1n) is 5.95. The lowest BCUT2D eigenvalue weighted by atomic mass is 10.1. The molecule has 1 aliphatic heterocycles. The Morgan fingerprint density at radius 2 is 2.26 bits per heavy atom. The Kier molecular flexibility index (Phi) is 4.68. The van der Waals surface area contributed by atoms with E-state index in [0.717, 1.165) is 5.56 Å². The van der Waals surface area contributed by atoms with Gasteiger partial charge in [0.05, 0.1) is 13.2 Å². The van der Waals surface area contributed by atoms with Crippen molar-refractivity contribution >= 4 is 29.2 Å². The van der Waals surface area contributed by atoms with Crippen LogP contribution in [0.5, 0.6) is 0 Å². The van der Waals surface area contributed by atoms with Crippen molar-refractivity contribution in [2.45, 2.75) is 25.1 Å². The Bertz CT molecular complexity index is 481. The zero-order valence-electron chi connectivity index (χ0n) is 10.5. The molecule has 19 heavy (non-hydrogen) atoms. The molecule has 0 unspecified atom stereocenters. The highest BCUT2D eigenvalue weighted by molar-refractivity contribution is 6.33. The van der Waals surface area contributed by atoms with Gasteiger partial charge in [0.1, 0.15) is 6.04 Å². The van der Waals surface area contributed by atoms with E-state index >= 15 is 0 Å². The minimum Gasteiger partial charge on any atom is -0.468 e. The number of hydrogen-bond donors (Lipinski definition) is 1. The fourth-order valence-corrected chi connectivity index (χ4v) is 2.69. The Labute approximate surface area is 121 Å². The predicted octanol–water partition coefficient (Wildman–Crippen LogP) is 2.10. The summed E-state index contributed by atoms with van der Waals surface area (Å²) < 4.78 is 4.75. The zero-order valence-corrected chi connectivity index (χ0v) is 12.0. The summed E-state index contributed by atoms with van der Waals surface area (Å²) in [7, 11) is 1.34. The van der Waals surface area contributed by atoms with E-state index < -0.39 is 12.1 Å². The molecule has 1 aliphatic rings. The summed E-state index contributed by atoms with van der Waals surface area (Å²) in [5, 5.41) is 10.9. The molecule has 1 heterocycles. The maximum absolute atomic E-state index is 11.7. The Hall–Kier alpha value is -0.810. The molecule has 104 valence electrons. The quantitative estimate of drug-likeness (QED) is 0.869. The Morgan fingerprint density at radius 3 is 2.95 bits per heavy atom. The molecule has 1 aromatic rings. The zero-order chi connectivity index (χ0) is 14.0. The van der Waals surface area contributed by atoms with E-state index in [2.05, 4.69) is 0 Å². The van der Waals surface area contributed by atoms with Crippen molar-refractivity contribution < 1.29 is 14.6 Å². The van der Waals surface area contributed by atoms with Gasteiger partial charge in [0.25, 0.3) is 0 Å². The van der Waals surface area contributed by atoms with E-state index in [1.54, 1.807) is 18.2 Å². The van der Waals surface area contributed by atoms with Crippen molar-refractivity contribution in [3.63, 3.8) is 0 Å². The maximum atomic E-state index is 11.7. The van der Waals surface area contributed by atoms with E-state index in [9.17, 15) is 9.90 Å². The van der Waals surface area contributed by atoms with E-state index in [1.807, 2.05) is 4.90 Å². The van der Waals surface area contributed by atoms with Gasteiger partial charge < -0.3 is 9.84 Å². The number of esters is 1. The van der Waals surface area contributed by atoms with E-state index in [4.69, 9.17) is 27.9 Å². The highest BCUT2D eigenvalue weighted by Crippen LogP contribution is 2.26. The van der Waals surface area contributed by atoms with Crippen molar-refractivity contribution in [2.24, 2.45) is 0 Å². The number of methoxy groups -OCH3 is 1. The molecule has 4 nitrogen and oxygen atoms in total. The summed E-state index contributed by atoms with van der Waals surface area (Å²) in [5.74, 6) is -0.338. The molecule has 0 bridgehead atoms. The fraction of sp³-hybridized carbons (Fsp3) is 0.462. The summed E-state index contributed by atoms with van der Waals surface area (Å²) in [4.78, 5) is 13.5. The number of rotatable bonds is 3. The van der Waals surface area contributed by atoms with Gasteiger partial charge in [-0.25, -0.2) is 0 Å². The number of carbonyl (C=O) groups is 1. The molecule has 0 spiro atoms. The molecular formula is C13H15Cl2NO3. The second-order valence-electron chi connectivity index (χ2n) is 4.59. The summed E-state index contributed by atoms with van der Waals surface area (Å²) in [5.41, 5.74) is 0.831. The monoisotopic (exact) mass is 303 g/mol. The molecule has 2 atom stereocenters. The van der Waals surface area contributed by atoms with Crippen molar-refractivity contribution in [2.75, 3.05) is 13.7 Å². The number of nitrogens with zero attached hydrogens (tertiary/aromatic N) is 1. The lowest BCUT2D eigenvalue weighted by Crippen LogP contribution is -2.36. The van der Waals surface area contributed by atoms with Gasteiger partial charge in [-0.05, 0) is 23.8 Å². The molecule has 0 saturated carbocycles. The van der Waals surface area contributed by atoms with Crippen LogP contribution in [0.2, 0.25) is 10.0 Å². The maximum Gasteiger partial charge on any atom is 0.323 e. The van der Waals surface area contributed by atoms with Gasteiger partial charge in [0.15, 0.2) is 0 Å². The van der Waals surface area contributed by atoms with Crippen molar-refractivity contribution in [1.29, 1.82) is 0 Å². The number of benzene rings is 1. The molecule has 2 rings (SSSR count). The molecule has 1 N–H and O–H groups in total. The molecule has 6 heteroatoms. The molecule has 0 aromatic heterocycles. The van der Waals surface area contributed by atoms with Crippen LogP contribution < -0.4 is 0 Å². The SMILES string of the molecule is COC(=O)[C@@H]1C[C@@H](O)CN1Cc1cc(Cl)ccc1Cl. The standard InChI is InChI=1S/C13H15Cl2NO3/c1-19-13(18)12-5-10(17)7-16(12)6-8-4-9(14)2-3-11(8)15/h2-4,10,12,17H,5-7H2,1H3/t10-,12+/m1/s1. The lowest BCUT2D eigenvalue weighted by molar-refractivity contribution is -0.146. The molecule has 1 fully saturated rings. The third kappa shape index (κ3) is 3.39. The van der Waals surface area contributed by atoms with Crippen LogP contribution in [0.4, 0.5) is 0 Å². The van der Waals surface area contributed by atoms with Crippen molar-refractivity contribution in [3.8, 4) is 0 Å². The summed E-state index contributed by atoms with van der Waals surface area (Å²) in [6.07, 6.45) is -0.146. The van der Waals surface area contributed by atoms with Gasteiger partial charge >= 0.3 is 5.97 Å². The summed E-state index contributed by atoms with van der Waals surface area (Å²) >= 11 is 12.0. The predicted molar refractivity (Wildman–Crippen MR) is 73.3 cm³/mol. The van der Waals surface area contributed by atoms with Crippen LogP contribution in [-0.4, -0.2) is 41.8 Å². The number of hydrogen-bond acceptors (Lipinski definition) is 4. The van der Waals surface area contributed by atoms with Gasteiger partial charge in [0, 0.05) is 29.6 Å². The average molecular weight is 304 g/mol. The number of aliphatic hydroxyl groups is 1. The number of ether oxygens (including phenoxy) is 1. The van der Waals surface area contributed by atoms with Gasteiger partial charge in [0.2, 0.25) is 0 Å². The van der Waals surface area contributed by atoms with E-state index in [1.165, 1.54) is 7.11 Å². The van der Waals surface area contributed by atoms with Crippen LogP contribution in [0.1, 0.15) is 12.0 Å².